The number of methoxy groups -OCH3 is 1. The maximum atomic E-state index is 10.1. The van der Waals surface area contributed by atoms with Gasteiger partial charge in [-0.3, -0.25) is 4.90 Å². The summed E-state index contributed by atoms with van der Waals surface area (Å²) in [5.74, 6) is 0.902. The molecule has 0 saturated carbocycles. The molecule has 2 atom stereocenters. The van der Waals surface area contributed by atoms with Gasteiger partial charge in [0.1, 0.15) is 5.75 Å². The Labute approximate surface area is 142 Å². The van der Waals surface area contributed by atoms with E-state index in [1.54, 1.807) is 7.11 Å². The molecule has 0 aromatic heterocycles. The molecule has 0 aliphatic rings. The third kappa shape index (κ3) is 8.35. The summed E-state index contributed by atoms with van der Waals surface area (Å²) in [6.45, 7) is 13.6. The van der Waals surface area contributed by atoms with Crippen molar-refractivity contribution in [2.75, 3.05) is 33.3 Å². The molecule has 0 aliphatic heterocycles. The Hall–Kier alpha value is -1.10. The van der Waals surface area contributed by atoms with Crippen molar-refractivity contribution in [1.29, 1.82) is 0 Å². The summed E-state index contributed by atoms with van der Waals surface area (Å²) < 4.78 is 5.43. The zero-order valence-corrected chi connectivity index (χ0v) is 15.8. The fourth-order valence-electron chi connectivity index (χ4n) is 2.42. The van der Waals surface area contributed by atoms with Crippen LogP contribution in [0.5, 0.6) is 5.75 Å². The highest BCUT2D eigenvalue weighted by Crippen LogP contribution is 2.28. The van der Waals surface area contributed by atoms with Crippen LogP contribution in [0.25, 0.3) is 0 Å². The van der Waals surface area contributed by atoms with Crippen LogP contribution in [0.2, 0.25) is 0 Å². The molecule has 0 radical (unpaired) electrons. The van der Waals surface area contributed by atoms with Crippen LogP contribution in [0.15, 0.2) is 24.3 Å². The van der Waals surface area contributed by atoms with Crippen LogP contribution in [-0.4, -0.2) is 49.4 Å². The van der Waals surface area contributed by atoms with E-state index in [0.29, 0.717) is 13.1 Å². The van der Waals surface area contributed by atoms with Crippen LogP contribution >= 0.6 is 0 Å². The molecular formula is C19H36N2O2. The lowest BCUT2D eigenvalue weighted by Gasteiger charge is -2.31. The van der Waals surface area contributed by atoms with Crippen LogP contribution in [0.3, 0.4) is 0 Å². The van der Waals surface area contributed by atoms with Gasteiger partial charge in [0.2, 0.25) is 0 Å². The van der Waals surface area contributed by atoms with E-state index >= 15 is 0 Å². The number of nitrogens with zero attached hydrogens (tertiary/aromatic N) is 1. The zero-order valence-electron chi connectivity index (χ0n) is 15.8. The first kappa shape index (κ1) is 21.9. The molecule has 0 amide bonds. The number of benzene rings is 1. The van der Waals surface area contributed by atoms with E-state index in [0.717, 1.165) is 24.4 Å². The van der Waals surface area contributed by atoms with Gasteiger partial charge in [-0.1, -0.05) is 52.3 Å². The number of hydrogen-bond donors (Lipinski definition) is 2. The monoisotopic (exact) mass is 324 g/mol. The molecule has 0 heterocycles. The number of para-hydroxylation sites is 1. The minimum atomic E-state index is -0.355. The minimum Gasteiger partial charge on any atom is -0.496 e. The molecule has 4 heteroatoms. The van der Waals surface area contributed by atoms with Gasteiger partial charge in [0, 0.05) is 24.7 Å². The Bertz CT molecular complexity index is 399. The summed E-state index contributed by atoms with van der Waals surface area (Å²) in [6.07, 6.45) is 0.895. The van der Waals surface area contributed by atoms with Crippen molar-refractivity contribution in [1.82, 2.24) is 10.2 Å². The van der Waals surface area contributed by atoms with Gasteiger partial charge in [-0.15, -0.1) is 0 Å². The summed E-state index contributed by atoms with van der Waals surface area (Å²) in [4.78, 5) is 2.26. The molecule has 0 spiro atoms. The van der Waals surface area contributed by atoms with Crippen molar-refractivity contribution in [2.45, 2.75) is 53.2 Å². The molecule has 1 aromatic rings. The summed E-state index contributed by atoms with van der Waals surface area (Å²) in [5, 5.41) is 13.2. The third-order valence-corrected chi connectivity index (χ3v) is 3.62. The quantitative estimate of drug-likeness (QED) is 0.730. The van der Waals surface area contributed by atoms with Gasteiger partial charge in [-0.2, -0.15) is 0 Å². The molecule has 1 rings (SSSR count). The Morgan fingerprint density at radius 2 is 1.78 bits per heavy atom. The van der Waals surface area contributed by atoms with E-state index in [4.69, 9.17) is 4.74 Å². The average molecular weight is 325 g/mol. The molecule has 0 fully saturated rings. The molecule has 0 bridgehead atoms. The normalized spacial score (nSPS) is 13.2. The fourth-order valence-corrected chi connectivity index (χ4v) is 2.42. The molecule has 0 saturated heterocycles. The second kappa shape index (κ2) is 13.3. The van der Waals surface area contributed by atoms with E-state index in [-0.39, 0.29) is 12.1 Å². The molecule has 0 aliphatic carbocycles. The molecule has 2 N–H and O–H groups in total. The second-order valence-electron chi connectivity index (χ2n) is 5.67. The number of rotatable bonds is 9. The van der Waals surface area contributed by atoms with Crippen molar-refractivity contribution >= 4 is 0 Å². The standard InChI is InChI=1S/C16H28N2O2.C3H8/c1-5-17-11-14(19)12-18(6-2)13(3)15-9-7-8-10-16(15)20-4;1-3-2/h7-10,13-14,17,19H,5-6,11-12H2,1-4H3;3H2,1-2H3/t13-,14?;/m0./s1. The number of nitrogens with one attached hydrogen (secondary N) is 1. The topological polar surface area (TPSA) is 44.7 Å². The van der Waals surface area contributed by atoms with Gasteiger partial charge >= 0.3 is 0 Å². The lowest BCUT2D eigenvalue weighted by atomic mass is 10.1. The molecule has 4 nitrogen and oxygen atoms in total. The lowest BCUT2D eigenvalue weighted by molar-refractivity contribution is 0.0933. The molecule has 23 heavy (non-hydrogen) atoms. The summed E-state index contributed by atoms with van der Waals surface area (Å²) in [6, 6.07) is 8.28. The summed E-state index contributed by atoms with van der Waals surface area (Å²) in [7, 11) is 1.70. The van der Waals surface area contributed by atoms with Crippen LogP contribution in [-0.2, 0) is 0 Å². The molecule has 1 aromatic carbocycles. The van der Waals surface area contributed by atoms with Crippen molar-refractivity contribution in [3.05, 3.63) is 29.8 Å². The van der Waals surface area contributed by atoms with E-state index in [2.05, 4.69) is 44.0 Å². The Morgan fingerprint density at radius 3 is 2.30 bits per heavy atom. The molecule has 1 unspecified atom stereocenters. The highest BCUT2D eigenvalue weighted by Gasteiger charge is 2.19. The van der Waals surface area contributed by atoms with E-state index in [9.17, 15) is 5.11 Å². The van der Waals surface area contributed by atoms with Crippen LogP contribution in [0, 0.1) is 0 Å². The van der Waals surface area contributed by atoms with Crippen LogP contribution in [0.1, 0.15) is 52.6 Å². The van der Waals surface area contributed by atoms with Crippen molar-refractivity contribution in [3.8, 4) is 5.75 Å². The number of aliphatic hydroxyl groups is 1. The SMILES string of the molecule is CCC.CCNCC(O)CN(CC)[C@@H](C)c1ccccc1OC. The highest BCUT2D eigenvalue weighted by molar-refractivity contribution is 5.35. The number of hydrogen-bond acceptors (Lipinski definition) is 4. The minimum absolute atomic E-state index is 0.215. The molecule has 134 valence electrons. The van der Waals surface area contributed by atoms with Crippen LogP contribution in [0.4, 0.5) is 0 Å². The summed E-state index contributed by atoms with van der Waals surface area (Å²) >= 11 is 0. The van der Waals surface area contributed by atoms with Gasteiger partial charge in [-0.05, 0) is 26.1 Å². The smallest absolute Gasteiger partial charge is 0.123 e. The van der Waals surface area contributed by atoms with E-state index < -0.39 is 0 Å². The largest absolute Gasteiger partial charge is 0.496 e. The van der Waals surface area contributed by atoms with E-state index in [1.165, 1.54) is 6.42 Å². The lowest BCUT2D eigenvalue weighted by Crippen LogP contribution is -2.39. The summed E-state index contributed by atoms with van der Waals surface area (Å²) in [5.41, 5.74) is 1.16. The Kier molecular flexibility index (Phi) is 12.7. The third-order valence-electron chi connectivity index (χ3n) is 3.62. The Balaban J connectivity index is 0.00000149. The predicted octanol–water partition coefficient (Wildman–Crippen LogP) is 3.46. The molecular weight excluding hydrogens is 288 g/mol. The maximum absolute atomic E-state index is 10.1. The average Bonchev–Trinajstić information content (AvgIpc) is 2.57. The van der Waals surface area contributed by atoms with Crippen molar-refractivity contribution in [2.24, 2.45) is 0 Å². The highest BCUT2D eigenvalue weighted by atomic mass is 16.5. The first-order valence-electron chi connectivity index (χ1n) is 8.81. The van der Waals surface area contributed by atoms with Gasteiger partial charge in [0.15, 0.2) is 0 Å². The predicted molar refractivity (Wildman–Crippen MR) is 99.2 cm³/mol. The van der Waals surface area contributed by atoms with Gasteiger partial charge in [-0.25, -0.2) is 0 Å². The maximum Gasteiger partial charge on any atom is 0.123 e. The van der Waals surface area contributed by atoms with Crippen LogP contribution < -0.4 is 10.1 Å². The van der Waals surface area contributed by atoms with E-state index in [1.807, 2.05) is 25.1 Å². The van der Waals surface area contributed by atoms with Gasteiger partial charge in [0.25, 0.3) is 0 Å². The van der Waals surface area contributed by atoms with Gasteiger partial charge < -0.3 is 15.2 Å². The Morgan fingerprint density at radius 1 is 1.17 bits per heavy atom. The second-order valence-corrected chi connectivity index (χ2v) is 5.67. The van der Waals surface area contributed by atoms with Gasteiger partial charge in [0.05, 0.1) is 13.2 Å². The number of aliphatic hydroxyl groups excluding tert-OH is 1. The first-order valence-corrected chi connectivity index (χ1v) is 8.81. The number of ether oxygens (including phenoxy) is 1. The zero-order chi connectivity index (χ0) is 17.7. The first-order chi connectivity index (χ1) is 11.0. The van der Waals surface area contributed by atoms with Crippen molar-refractivity contribution < 1.29 is 9.84 Å². The van der Waals surface area contributed by atoms with Crippen molar-refractivity contribution in [3.63, 3.8) is 0 Å². The fraction of sp³-hybridized carbons (Fsp3) is 0.684. The number of likely N-dealkylation sites (N-methyl/N-ethyl adjacent to an activating group) is 2.